The third-order valence-electron chi connectivity index (χ3n) is 6.62. The number of aromatic nitrogens is 1. The van der Waals surface area contributed by atoms with Crippen molar-refractivity contribution in [3.63, 3.8) is 0 Å². The van der Waals surface area contributed by atoms with Crippen LogP contribution in [0.25, 0.3) is 0 Å². The van der Waals surface area contributed by atoms with Gasteiger partial charge in [0.05, 0.1) is 16.8 Å². The molecular weight excluding hydrogens is 393 g/mol. The molecule has 3 heterocycles. The third-order valence-corrected chi connectivity index (χ3v) is 6.62. The van der Waals surface area contributed by atoms with Gasteiger partial charge in [0.15, 0.2) is 0 Å². The van der Waals surface area contributed by atoms with Crippen LogP contribution in [0.15, 0.2) is 0 Å². The zero-order valence-corrected chi connectivity index (χ0v) is 21.0. The van der Waals surface area contributed by atoms with Gasteiger partial charge in [-0.2, -0.15) is 0 Å². The van der Waals surface area contributed by atoms with Crippen molar-refractivity contribution in [3.8, 4) is 0 Å². The summed E-state index contributed by atoms with van der Waals surface area (Å²) in [5.74, 6) is 1.43. The monoisotopic (exact) mass is 433 g/mol. The van der Waals surface area contributed by atoms with E-state index in [9.17, 15) is 4.79 Å². The van der Waals surface area contributed by atoms with Crippen LogP contribution in [-0.4, -0.2) is 66.1 Å². The number of nitrogens with one attached hydrogen (secondary N) is 1. The first-order chi connectivity index (χ1) is 14.1. The standard InChI is InChI=1S/C23H40BN3O4/c1-15(2)17-16(3)19(25-18(17)24-30-22(7,8)23(9,10)31-24)26-11-13-27(14-12-26)20(28)29-21(4,5)6/h15,25H,11-14H2,1-10H3. The van der Waals surface area contributed by atoms with Gasteiger partial charge < -0.3 is 28.8 Å². The second kappa shape index (κ2) is 8.03. The Morgan fingerprint density at radius 3 is 2.03 bits per heavy atom. The number of H-pyrrole nitrogens is 1. The summed E-state index contributed by atoms with van der Waals surface area (Å²) < 4.78 is 18.2. The summed E-state index contributed by atoms with van der Waals surface area (Å²) in [5, 5.41) is 0. The molecule has 3 rings (SSSR count). The summed E-state index contributed by atoms with van der Waals surface area (Å²) in [6, 6.07) is 0. The molecule has 0 bridgehead atoms. The van der Waals surface area contributed by atoms with E-state index >= 15 is 0 Å². The molecule has 0 saturated carbocycles. The third kappa shape index (κ3) is 4.75. The number of hydrogen-bond acceptors (Lipinski definition) is 5. The van der Waals surface area contributed by atoms with Gasteiger partial charge in [0.1, 0.15) is 11.4 Å². The van der Waals surface area contributed by atoms with Gasteiger partial charge >= 0.3 is 13.2 Å². The second-order valence-electron chi connectivity index (χ2n) is 11.1. The van der Waals surface area contributed by atoms with Crippen molar-refractivity contribution in [2.24, 2.45) is 0 Å². The van der Waals surface area contributed by atoms with E-state index in [-0.39, 0.29) is 17.3 Å². The average Bonchev–Trinajstić information content (AvgIpc) is 3.07. The summed E-state index contributed by atoms with van der Waals surface area (Å²) in [6.07, 6.45) is -0.240. The van der Waals surface area contributed by atoms with Gasteiger partial charge in [-0.15, -0.1) is 0 Å². The van der Waals surface area contributed by atoms with E-state index in [4.69, 9.17) is 14.0 Å². The number of ether oxygens (including phenoxy) is 1. The van der Waals surface area contributed by atoms with Gasteiger partial charge in [0.25, 0.3) is 0 Å². The fraction of sp³-hybridized carbons (Fsp3) is 0.783. The van der Waals surface area contributed by atoms with E-state index in [1.807, 2.05) is 20.8 Å². The minimum absolute atomic E-state index is 0.240. The summed E-state index contributed by atoms with van der Waals surface area (Å²) in [6.45, 7) is 23.3. The second-order valence-corrected chi connectivity index (χ2v) is 11.1. The molecule has 0 unspecified atom stereocenters. The van der Waals surface area contributed by atoms with Crippen LogP contribution in [-0.2, 0) is 14.0 Å². The maximum absolute atomic E-state index is 12.4. The first-order valence-corrected chi connectivity index (χ1v) is 11.4. The van der Waals surface area contributed by atoms with E-state index in [2.05, 4.69) is 58.4 Å². The number of piperazine rings is 1. The van der Waals surface area contributed by atoms with Crippen molar-refractivity contribution in [2.45, 2.75) is 92.0 Å². The maximum Gasteiger partial charge on any atom is 0.512 e. The maximum atomic E-state index is 12.4. The molecule has 1 aromatic rings. The lowest BCUT2D eigenvalue weighted by molar-refractivity contribution is 0.00578. The molecule has 0 aliphatic carbocycles. The van der Waals surface area contributed by atoms with Crippen LogP contribution < -0.4 is 10.5 Å². The van der Waals surface area contributed by atoms with Gasteiger partial charge in [-0.25, -0.2) is 4.79 Å². The van der Waals surface area contributed by atoms with Crippen LogP contribution in [0.5, 0.6) is 0 Å². The van der Waals surface area contributed by atoms with Crippen molar-refractivity contribution < 1.29 is 18.8 Å². The molecule has 8 heteroatoms. The topological polar surface area (TPSA) is 67.0 Å². The largest absolute Gasteiger partial charge is 0.512 e. The first-order valence-electron chi connectivity index (χ1n) is 11.4. The van der Waals surface area contributed by atoms with Crippen LogP contribution in [0.3, 0.4) is 0 Å². The van der Waals surface area contributed by atoms with E-state index in [0.29, 0.717) is 19.0 Å². The van der Waals surface area contributed by atoms with Gasteiger partial charge in [-0.05, 0) is 72.4 Å². The summed E-state index contributed by atoms with van der Waals surface area (Å²) >= 11 is 0. The minimum atomic E-state index is -0.478. The number of anilines is 1. The highest BCUT2D eigenvalue weighted by molar-refractivity contribution is 6.62. The highest BCUT2D eigenvalue weighted by Gasteiger charge is 2.53. The zero-order chi connectivity index (χ0) is 23.4. The highest BCUT2D eigenvalue weighted by Crippen LogP contribution is 2.38. The number of rotatable bonds is 3. The van der Waals surface area contributed by atoms with Gasteiger partial charge in [0, 0.05) is 26.2 Å². The van der Waals surface area contributed by atoms with Gasteiger partial charge in [-0.3, -0.25) is 0 Å². The molecule has 0 spiro atoms. The van der Waals surface area contributed by atoms with Crippen molar-refractivity contribution in [2.75, 3.05) is 31.1 Å². The number of nitrogens with zero attached hydrogens (tertiary/aromatic N) is 2. The number of carbonyl (C=O) groups is 1. The van der Waals surface area contributed by atoms with Crippen LogP contribution in [0.2, 0.25) is 0 Å². The van der Waals surface area contributed by atoms with Crippen molar-refractivity contribution in [1.29, 1.82) is 0 Å². The number of amides is 1. The lowest BCUT2D eigenvalue weighted by atomic mass is 9.78. The Bertz CT molecular complexity index is 802. The first kappa shape index (κ1) is 24.0. The SMILES string of the molecule is Cc1c(N2CCN(C(=O)OC(C)(C)C)CC2)[nH]c(B2OC(C)(C)C(C)(C)O2)c1C(C)C. The predicted molar refractivity (Wildman–Crippen MR) is 125 cm³/mol. The number of carbonyl (C=O) groups excluding carboxylic acids is 1. The lowest BCUT2D eigenvalue weighted by Crippen LogP contribution is -2.50. The van der Waals surface area contributed by atoms with E-state index in [1.54, 1.807) is 4.90 Å². The number of hydrogen-bond donors (Lipinski definition) is 1. The molecule has 0 aromatic carbocycles. The van der Waals surface area contributed by atoms with Crippen molar-refractivity contribution >= 4 is 24.6 Å². The van der Waals surface area contributed by atoms with E-state index in [1.165, 1.54) is 11.1 Å². The number of aromatic amines is 1. The molecule has 31 heavy (non-hydrogen) atoms. The van der Waals surface area contributed by atoms with Crippen LogP contribution in [0.1, 0.15) is 79.4 Å². The molecular formula is C23H40BN3O4. The molecule has 2 fully saturated rings. The van der Waals surface area contributed by atoms with Crippen LogP contribution in [0.4, 0.5) is 10.6 Å². The molecule has 7 nitrogen and oxygen atoms in total. The Morgan fingerprint density at radius 2 is 1.58 bits per heavy atom. The molecule has 1 N–H and O–H groups in total. The fourth-order valence-corrected chi connectivity index (χ4v) is 4.26. The highest BCUT2D eigenvalue weighted by atomic mass is 16.7. The van der Waals surface area contributed by atoms with Crippen molar-refractivity contribution in [1.82, 2.24) is 9.88 Å². The Hall–Kier alpha value is -1.67. The Labute approximate surface area is 187 Å². The van der Waals surface area contributed by atoms with Gasteiger partial charge in [-0.1, -0.05) is 13.8 Å². The summed E-state index contributed by atoms with van der Waals surface area (Å²) in [4.78, 5) is 20.2. The lowest BCUT2D eigenvalue weighted by Gasteiger charge is -2.36. The summed E-state index contributed by atoms with van der Waals surface area (Å²) in [7, 11) is -0.419. The average molecular weight is 433 g/mol. The molecule has 0 radical (unpaired) electrons. The smallest absolute Gasteiger partial charge is 0.444 e. The van der Waals surface area contributed by atoms with Gasteiger partial charge in [0.2, 0.25) is 0 Å². The van der Waals surface area contributed by atoms with Crippen LogP contribution >= 0.6 is 0 Å². The normalized spacial score (nSPS) is 21.2. The molecule has 1 amide bonds. The molecule has 0 atom stereocenters. The van der Waals surface area contributed by atoms with Crippen molar-refractivity contribution in [3.05, 3.63) is 11.1 Å². The summed E-state index contributed by atoms with van der Waals surface area (Å²) in [5.41, 5.74) is 2.24. The Morgan fingerprint density at radius 1 is 1.06 bits per heavy atom. The Balaban J connectivity index is 1.80. The quantitative estimate of drug-likeness (QED) is 0.735. The van der Waals surface area contributed by atoms with E-state index < -0.39 is 12.7 Å². The molecule has 1 aromatic heterocycles. The molecule has 2 saturated heterocycles. The predicted octanol–water partition coefficient (Wildman–Crippen LogP) is 3.80. The minimum Gasteiger partial charge on any atom is -0.444 e. The molecule has 174 valence electrons. The van der Waals surface area contributed by atoms with E-state index in [0.717, 1.165) is 24.5 Å². The molecule has 2 aliphatic rings. The Kier molecular flexibility index (Phi) is 6.22. The van der Waals surface area contributed by atoms with Crippen LogP contribution in [0, 0.1) is 6.92 Å². The zero-order valence-electron chi connectivity index (χ0n) is 21.0. The fourth-order valence-electron chi connectivity index (χ4n) is 4.26. The molecule has 2 aliphatic heterocycles.